The second-order valence-electron chi connectivity index (χ2n) is 4.51. The predicted octanol–water partition coefficient (Wildman–Crippen LogP) is 1.68. The molecule has 1 saturated heterocycles. The zero-order chi connectivity index (χ0) is 10.4. The Morgan fingerprint density at radius 3 is 3.07 bits per heavy atom. The van der Waals surface area contributed by atoms with E-state index in [-0.39, 0.29) is 5.82 Å². The van der Waals surface area contributed by atoms with Crippen molar-refractivity contribution in [1.29, 1.82) is 0 Å². The first-order valence-electron chi connectivity index (χ1n) is 5.56. The molecule has 2 aliphatic rings. The highest BCUT2D eigenvalue weighted by atomic mass is 19.1. The Morgan fingerprint density at radius 2 is 2.27 bits per heavy atom. The SMILES string of the molecule is NCC1CCC2Cc3ccc(F)cc3N12. The highest BCUT2D eigenvalue weighted by Crippen LogP contribution is 2.40. The highest BCUT2D eigenvalue weighted by molar-refractivity contribution is 5.61. The number of benzene rings is 1. The third-order valence-corrected chi connectivity index (χ3v) is 3.67. The summed E-state index contributed by atoms with van der Waals surface area (Å²) in [6.07, 6.45) is 3.40. The standard InChI is InChI=1S/C12H15FN2/c13-9-2-1-8-5-10-3-4-11(7-14)15(10)12(8)6-9/h1-2,6,10-11H,3-5,7,14H2. The summed E-state index contributed by atoms with van der Waals surface area (Å²) in [6, 6.07) is 6.10. The van der Waals surface area contributed by atoms with E-state index in [1.807, 2.05) is 6.07 Å². The van der Waals surface area contributed by atoms with Gasteiger partial charge in [0.2, 0.25) is 0 Å². The van der Waals surface area contributed by atoms with Crippen LogP contribution in [0.25, 0.3) is 0 Å². The molecule has 15 heavy (non-hydrogen) atoms. The van der Waals surface area contributed by atoms with Crippen molar-refractivity contribution in [2.24, 2.45) is 5.73 Å². The van der Waals surface area contributed by atoms with E-state index in [9.17, 15) is 4.39 Å². The minimum atomic E-state index is -0.142. The highest BCUT2D eigenvalue weighted by Gasteiger charge is 2.38. The van der Waals surface area contributed by atoms with Gasteiger partial charge in [-0.3, -0.25) is 0 Å². The predicted molar refractivity (Wildman–Crippen MR) is 58.4 cm³/mol. The Kier molecular flexibility index (Phi) is 1.96. The molecule has 0 amide bonds. The molecule has 1 aromatic carbocycles. The van der Waals surface area contributed by atoms with Crippen LogP contribution in [0.3, 0.4) is 0 Å². The minimum absolute atomic E-state index is 0.142. The lowest BCUT2D eigenvalue weighted by atomic mass is 10.1. The molecule has 2 heterocycles. The van der Waals surface area contributed by atoms with E-state index in [4.69, 9.17) is 5.73 Å². The number of halogens is 1. The van der Waals surface area contributed by atoms with Crippen LogP contribution in [0.15, 0.2) is 18.2 Å². The molecular weight excluding hydrogens is 191 g/mol. The molecule has 1 fully saturated rings. The van der Waals surface area contributed by atoms with Crippen molar-refractivity contribution in [2.45, 2.75) is 31.3 Å². The van der Waals surface area contributed by atoms with Crippen LogP contribution in [0.1, 0.15) is 18.4 Å². The molecular formula is C12H15FN2. The van der Waals surface area contributed by atoms with E-state index in [2.05, 4.69) is 4.90 Å². The van der Waals surface area contributed by atoms with Crippen molar-refractivity contribution in [1.82, 2.24) is 0 Å². The summed E-state index contributed by atoms with van der Waals surface area (Å²) in [7, 11) is 0. The molecule has 2 aliphatic heterocycles. The second-order valence-corrected chi connectivity index (χ2v) is 4.51. The van der Waals surface area contributed by atoms with Crippen LogP contribution in [-0.4, -0.2) is 18.6 Å². The zero-order valence-electron chi connectivity index (χ0n) is 8.62. The summed E-state index contributed by atoms with van der Waals surface area (Å²) in [5.74, 6) is -0.142. The van der Waals surface area contributed by atoms with Crippen molar-refractivity contribution in [3.8, 4) is 0 Å². The smallest absolute Gasteiger partial charge is 0.125 e. The van der Waals surface area contributed by atoms with Crippen LogP contribution >= 0.6 is 0 Å². The maximum absolute atomic E-state index is 13.2. The van der Waals surface area contributed by atoms with E-state index < -0.39 is 0 Å². The van der Waals surface area contributed by atoms with E-state index in [0.717, 1.165) is 18.5 Å². The molecule has 1 aromatic rings. The Hall–Kier alpha value is -1.09. The summed E-state index contributed by atoms with van der Waals surface area (Å²) in [6.45, 7) is 0.673. The van der Waals surface area contributed by atoms with Gasteiger partial charge in [-0.25, -0.2) is 4.39 Å². The number of hydrogen-bond donors (Lipinski definition) is 1. The average Bonchev–Trinajstić information content (AvgIpc) is 2.76. The van der Waals surface area contributed by atoms with E-state index in [1.54, 1.807) is 12.1 Å². The molecule has 2 atom stereocenters. The molecule has 0 saturated carbocycles. The Bertz CT molecular complexity index is 389. The molecule has 2 nitrogen and oxygen atoms in total. The second kappa shape index (κ2) is 3.20. The van der Waals surface area contributed by atoms with Gasteiger partial charge in [-0.05, 0) is 37.0 Å². The minimum Gasteiger partial charge on any atom is -0.364 e. The molecule has 2 N–H and O–H groups in total. The van der Waals surface area contributed by atoms with Gasteiger partial charge < -0.3 is 10.6 Å². The fraction of sp³-hybridized carbons (Fsp3) is 0.500. The first-order chi connectivity index (χ1) is 7.29. The molecule has 3 rings (SSSR count). The lowest BCUT2D eigenvalue weighted by Gasteiger charge is -2.26. The fourth-order valence-corrected chi connectivity index (χ4v) is 2.99. The van der Waals surface area contributed by atoms with Crippen LogP contribution in [-0.2, 0) is 6.42 Å². The molecule has 3 heteroatoms. The summed E-state index contributed by atoms with van der Waals surface area (Å²) in [4.78, 5) is 2.33. The van der Waals surface area contributed by atoms with Crippen LogP contribution in [0.5, 0.6) is 0 Å². The topological polar surface area (TPSA) is 29.3 Å². The van der Waals surface area contributed by atoms with Gasteiger partial charge in [0.25, 0.3) is 0 Å². The Labute approximate surface area is 88.9 Å². The first kappa shape index (κ1) is 9.16. The summed E-state index contributed by atoms with van der Waals surface area (Å²) in [5, 5.41) is 0. The summed E-state index contributed by atoms with van der Waals surface area (Å²) >= 11 is 0. The van der Waals surface area contributed by atoms with Crippen LogP contribution in [0.4, 0.5) is 10.1 Å². The molecule has 0 aromatic heterocycles. The largest absolute Gasteiger partial charge is 0.364 e. The third-order valence-electron chi connectivity index (χ3n) is 3.67. The van der Waals surface area contributed by atoms with Gasteiger partial charge in [-0.15, -0.1) is 0 Å². The van der Waals surface area contributed by atoms with E-state index in [1.165, 1.54) is 12.0 Å². The molecule has 0 aliphatic carbocycles. The number of nitrogens with two attached hydrogens (primary N) is 1. The van der Waals surface area contributed by atoms with Crippen LogP contribution in [0, 0.1) is 5.82 Å². The number of hydrogen-bond acceptors (Lipinski definition) is 2. The molecule has 0 radical (unpaired) electrons. The zero-order valence-corrected chi connectivity index (χ0v) is 8.62. The van der Waals surface area contributed by atoms with Crippen molar-refractivity contribution >= 4 is 5.69 Å². The van der Waals surface area contributed by atoms with Gasteiger partial charge >= 0.3 is 0 Å². The molecule has 0 spiro atoms. The van der Waals surface area contributed by atoms with Crippen molar-refractivity contribution in [2.75, 3.05) is 11.4 Å². The average molecular weight is 206 g/mol. The fourth-order valence-electron chi connectivity index (χ4n) is 2.99. The van der Waals surface area contributed by atoms with Gasteiger partial charge in [-0.1, -0.05) is 6.07 Å². The van der Waals surface area contributed by atoms with E-state index >= 15 is 0 Å². The third kappa shape index (κ3) is 1.26. The van der Waals surface area contributed by atoms with E-state index in [0.29, 0.717) is 18.6 Å². The quantitative estimate of drug-likeness (QED) is 0.757. The number of nitrogens with zero attached hydrogens (tertiary/aromatic N) is 1. The van der Waals surface area contributed by atoms with Gasteiger partial charge in [-0.2, -0.15) is 0 Å². The molecule has 80 valence electrons. The van der Waals surface area contributed by atoms with Gasteiger partial charge in [0.1, 0.15) is 5.82 Å². The normalized spacial score (nSPS) is 28.0. The summed E-state index contributed by atoms with van der Waals surface area (Å²) in [5.41, 5.74) is 8.10. The maximum atomic E-state index is 13.2. The van der Waals surface area contributed by atoms with Gasteiger partial charge in [0.15, 0.2) is 0 Å². The summed E-state index contributed by atoms with van der Waals surface area (Å²) < 4.78 is 13.2. The lowest BCUT2D eigenvalue weighted by Crippen LogP contribution is -2.37. The molecule has 2 unspecified atom stereocenters. The number of anilines is 1. The van der Waals surface area contributed by atoms with Crippen molar-refractivity contribution in [3.63, 3.8) is 0 Å². The van der Waals surface area contributed by atoms with Crippen LogP contribution < -0.4 is 10.6 Å². The van der Waals surface area contributed by atoms with Crippen LogP contribution in [0.2, 0.25) is 0 Å². The van der Waals surface area contributed by atoms with Gasteiger partial charge in [0.05, 0.1) is 0 Å². The molecule has 0 bridgehead atoms. The maximum Gasteiger partial charge on any atom is 0.125 e. The number of rotatable bonds is 1. The first-order valence-corrected chi connectivity index (χ1v) is 5.56. The van der Waals surface area contributed by atoms with Gasteiger partial charge in [0, 0.05) is 24.3 Å². The van der Waals surface area contributed by atoms with Crippen molar-refractivity contribution < 1.29 is 4.39 Å². The Balaban J connectivity index is 2.03. The monoisotopic (exact) mass is 206 g/mol. The van der Waals surface area contributed by atoms with Crippen molar-refractivity contribution in [3.05, 3.63) is 29.6 Å². The lowest BCUT2D eigenvalue weighted by molar-refractivity contribution is 0.623. The number of fused-ring (bicyclic) bond motifs is 3. The Morgan fingerprint density at radius 1 is 1.40 bits per heavy atom.